The summed E-state index contributed by atoms with van der Waals surface area (Å²) in [5, 5.41) is 12.4. The van der Waals surface area contributed by atoms with Crippen LogP contribution in [0.1, 0.15) is 5.56 Å². The molecule has 0 aliphatic rings. The maximum Gasteiger partial charge on any atom is 0.0877 e. The molecule has 1 N–H and O–H groups in total. The van der Waals surface area contributed by atoms with Crippen molar-refractivity contribution in [1.82, 2.24) is 19.6 Å². The van der Waals surface area contributed by atoms with Crippen LogP contribution in [0.2, 0.25) is 5.02 Å². The van der Waals surface area contributed by atoms with Gasteiger partial charge in [0, 0.05) is 41.9 Å². The second-order valence-electron chi connectivity index (χ2n) is 4.48. The van der Waals surface area contributed by atoms with Gasteiger partial charge in [0.1, 0.15) is 0 Å². The molecule has 0 aliphatic heterocycles. The summed E-state index contributed by atoms with van der Waals surface area (Å²) in [6, 6.07) is 7.55. The van der Waals surface area contributed by atoms with Crippen molar-refractivity contribution in [2.45, 2.75) is 6.54 Å². The van der Waals surface area contributed by atoms with Crippen molar-refractivity contribution in [3.8, 4) is 5.69 Å². The lowest BCUT2D eigenvalue weighted by atomic mass is 10.2. The molecule has 0 aliphatic carbocycles. The van der Waals surface area contributed by atoms with Gasteiger partial charge in [-0.05, 0) is 24.3 Å². The van der Waals surface area contributed by atoms with Crippen molar-refractivity contribution in [1.29, 1.82) is 0 Å². The van der Waals surface area contributed by atoms with E-state index in [9.17, 15) is 0 Å². The molecule has 0 atom stereocenters. The summed E-state index contributed by atoms with van der Waals surface area (Å²) in [4.78, 5) is 0. The lowest BCUT2D eigenvalue weighted by Crippen LogP contribution is -2.04. The Bertz CT molecular complexity index is 745. The van der Waals surface area contributed by atoms with Crippen molar-refractivity contribution in [3.63, 3.8) is 0 Å². The van der Waals surface area contributed by atoms with Gasteiger partial charge in [0.2, 0.25) is 0 Å². The van der Waals surface area contributed by atoms with Crippen LogP contribution in [-0.4, -0.2) is 19.6 Å². The van der Waals surface area contributed by atoms with Gasteiger partial charge in [0.05, 0.1) is 17.6 Å². The molecule has 3 aromatic rings. The number of hydrogen-bond donors (Lipinski definition) is 1. The number of rotatable bonds is 5. The van der Waals surface area contributed by atoms with Crippen LogP contribution in [0.3, 0.4) is 0 Å². The third-order valence-corrected chi connectivity index (χ3v) is 3.27. The van der Waals surface area contributed by atoms with Crippen molar-refractivity contribution >= 4 is 23.5 Å². The van der Waals surface area contributed by atoms with E-state index in [1.165, 1.54) is 0 Å². The van der Waals surface area contributed by atoms with Crippen LogP contribution in [0.15, 0.2) is 55.6 Å². The van der Waals surface area contributed by atoms with Crippen LogP contribution >= 0.6 is 11.6 Å². The summed E-state index contributed by atoms with van der Waals surface area (Å²) in [5.41, 5.74) is 2.92. The van der Waals surface area contributed by atoms with Crippen LogP contribution in [0.5, 0.6) is 0 Å². The SMILES string of the molecule is C=Cn1cc(CNc2cc(Cl)ccc2-n2cccn2)cn1. The maximum absolute atomic E-state index is 6.09. The summed E-state index contributed by atoms with van der Waals surface area (Å²) in [6.45, 7) is 4.31. The highest BCUT2D eigenvalue weighted by molar-refractivity contribution is 6.31. The van der Waals surface area contributed by atoms with Gasteiger partial charge in [-0.1, -0.05) is 18.2 Å². The van der Waals surface area contributed by atoms with Crippen LogP contribution < -0.4 is 5.32 Å². The molecule has 0 unspecified atom stereocenters. The molecule has 2 aromatic heterocycles. The quantitative estimate of drug-likeness (QED) is 0.785. The third kappa shape index (κ3) is 2.98. The van der Waals surface area contributed by atoms with E-state index in [2.05, 4.69) is 22.1 Å². The molecule has 0 fully saturated rings. The molecule has 6 heteroatoms. The van der Waals surface area contributed by atoms with Crippen molar-refractivity contribution in [2.24, 2.45) is 0 Å². The minimum Gasteiger partial charge on any atom is -0.379 e. The summed E-state index contributed by atoms with van der Waals surface area (Å²) in [5.74, 6) is 0. The van der Waals surface area contributed by atoms with Gasteiger partial charge in [-0.25, -0.2) is 9.36 Å². The lowest BCUT2D eigenvalue weighted by molar-refractivity contribution is 0.879. The maximum atomic E-state index is 6.09. The second-order valence-corrected chi connectivity index (χ2v) is 4.91. The molecule has 0 amide bonds. The van der Waals surface area contributed by atoms with Crippen LogP contribution in [-0.2, 0) is 6.54 Å². The molecule has 106 valence electrons. The average molecular weight is 300 g/mol. The van der Waals surface area contributed by atoms with E-state index in [1.807, 2.05) is 36.7 Å². The van der Waals surface area contributed by atoms with Gasteiger partial charge in [-0.2, -0.15) is 10.2 Å². The number of aromatic nitrogens is 4. The molecular weight excluding hydrogens is 286 g/mol. The highest BCUT2D eigenvalue weighted by atomic mass is 35.5. The van der Waals surface area contributed by atoms with E-state index in [0.29, 0.717) is 11.6 Å². The molecule has 0 bridgehead atoms. The zero-order valence-corrected chi connectivity index (χ0v) is 12.0. The summed E-state index contributed by atoms with van der Waals surface area (Å²) >= 11 is 6.09. The van der Waals surface area contributed by atoms with Crippen LogP contribution in [0, 0.1) is 0 Å². The Labute approximate surface area is 127 Å². The molecule has 1 aromatic carbocycles. The molecule has 0 radical (unpaired) electrons. The van der Waals surface area contributed by atoms with E-state index in [1.54, 1.807) is 28.0 Å². The first-order valence-electron chi connectivity index (χ1n) is 6.45. The zero-order valence-electron chi connectivity index (χ0n) is 11.3. The summed E-state index contributed by atoms with van der Waals surface area (Å²) in [7, 11) is 0. The first kappa shape index (κ1) is 13.5. The van der Waals surface area contributed by atoms with Crippen molar-refractivity contribution in [2.75, 3.05) is 5.32 Å². The van der Waals surface area contributed by atoms with Crippen LogP contribution in [0.25, 0.3) is 11.9 Å². The number of benzene rings is 1. The fourth-order valence-corrected chi connectivity index (χ4v) is 2.20. The predicted molar refractivity (Wildman–Crippen MR) is 84.5 cm³/mol. The molecule has 2 heterocycles. The number of halogens is 1. The zero-order chi connectivity index (χ0) is 14.7. The van der Waals surface area contributed by atoms with E-state index in [4.69, 9.17) is 11.6 Å². The second kappa shape index (κ2) is 5.85. The van der Waals surface area contributed by atoms with E-state index >= 15 is 0 Å². The Balaban J connectivity index is 1.84. The summed E-state index contributed by atoms with van der Waals surface area (Å²) in [6.07, 6.45) is 9.00. The number of hydrogen-bond acceptors (Lipinski definition) is 3. The smallest absolute Gasteiger partial charge is 0.0877 e. The molecule has 21 heavy (non-hydrogen) atoms. The first-order valence-corrected chi connectivity index (χ1v) is 6.83. The van der Waals surface area contributed by atoms with E-state index in [-0.39, 0.29) is 0 Å². The standard InChI is InChI=1S/C15H14ClN5/c1-2-20-11-12(10-19-20)9-17-14-8-13(16)4-5-15(14)21-7-3-6-18-21/h2-8,10-11,17H,1,9H2. The van der Waals surface area contributed by atoms with Gasteiger partial charge in [0.25, 0.3) is 0 Å². The third-order valence-electron chi connectivity index (χ3n) is 3.03. The molecule has 0 spiro atoms. The van der Waals surface area contributed by atoms with Gasteiger partial charge in [-0.15, -0.1) is 0 Å². The van der Waals surface area contributed by atoms with E-state index in [0.717, 1.165) is 16.9 Å². The average Bonchev–Trinajstić information content (AvgIpc) is 3.16. The normalized spacial score (nSPS) is 10.5. The van der Waals surface area contributed by atoms with Gasteiger partial charge in [-0.3, -0.25) is 0 Å². The molecule has 5 nitrogen and oxygen atoms in total. The molecule has 3 rings (SSSR count). The Kier molecular flexibility index (Phi) is 3.75. The minimum absolute atomic E-state index is 0.641. The number of anilines is 1. The van der Waals surface area contributed by atoms with E-state index < -0.39 is 0 Å². The first-order chi connectivity index (χ1) is 10.3. The highest BCUT2D eigenvalue weighted by Gasteiger charge is 2.06. The Hall–Kier alpha value is -2.53. The predicted octanol–water partition coefficient (Wildman–Crippen LogP) is 3.43. The molecule has 0 saturated carbocycles. The van der Waals surface area contributed by atoms with Crippen LogP contribution in [0.4, 0.5) is 5.69 Å². The topological polar surface area (TPSA) is 47.7 Å². The Morgan fingerprint density at radius 3 is 2.95 bits per heavy atom. The molecular formula is C15H14ClN5. The van der Waals surface area contributed by atoms with Gasteiger partial charge in [0.15, 0.2) is 0 Å². The Morgan fingerprint density at radius 2 is 2.24 bits per heavy atom. The largest absolute Gasteiger partial charge is 0.379 e. The lowest BCUT2D eigenvalue weighted by Gasteiger charge is -2.12. The summed E-state index contributed by atoms with van der Waals surface area (Å²) < 4.78 is 3.47. The molecule has 0 saturated heterocycles. The minimum atomic E-state index is 0.641. The number of nitrogens with one attached hydrogen (secondary N) is 1. The highest BCUT2D eigenvalue weighted by Crippen LogP contribution is 2.24. The van der Waals surface area contributed by atoms with Gasteiger partial charge < -0.3 is 5.32 Å². The van der Waals surface area contributed by atoms with Crippen molar-refractivity contribution in [3.05, 3.63) is 66.2 Å². The van der Waals surface area contributed by atoms with Crippen molar-refractivity contribution < 1.29 is 0 Å². The Morgan fingerprint density at radius 1 is 1.33 bits per heavy atom. The fourth-order valence-electron chi connectivity index (χ4n) is 2.03. The van der Waals surface area contributed by atoms with Gasteiger partial charge >= 0.3 is 0 Å². The fraction of sp³-hybridized carbons (Fsp3) is 0.0667. The number of nitrogens with zero attached hydrogens (tertiary/aromatic N) is 4. The monoisotopic (exact) mass is 299 g/mol.